The van der Waals surface area contributed by atoms with Crippen molar-refractivity contribution in [3.05, 3.63) is 48.8 Å². The van der Waals surface area contributed by atoms with Gasteiger partial charge in [0.1, 0.15) is 0 Å². The number of para-hydroxylation sites is 1. The highest BCUT2D eigenvalue weighted by Crippen LogP contribution is 2.10. The number of nitrogens with two attached hydrogens (primary N) is 1. The van der Waals surface area contributed by atoms with Crippen LogP contribution < -0.4 is 16.0 Å². The second-order valence-electron chi connectivity index (χ2n) is 5.92. The van der Waals surface area contributed by atoms with Crippen LogP contribution in [0.25, 0.3) is 0 Å². The molecule has 0 bridgehead atoms. The van der Waals surface area contributed by atoms with Crippen molar-refractivity contribution in [2.24, 2.45) is 10.7 Å². The quantitative estimate of drug-likeness (QED) is 0.382. The maximum Gasteiger partial charge on any atom is 0.225 e. The van der Waals surface area contributed by atoms with Crippen molar-refractivity contribution >= 4 is 47.5 Å². The summed E-state index contributed by atoms with van der Waals surface area (Å²) in [6, 6.07) is 11.4. The lowest BCUT2D eigenvalue weighted by Crippen LogP contribution is -2.49. The van der Waals surface area contributed by atoms with E-state index in [1.165, 1.54) is 0 Å². The molecule has 27 heavy (non-hydrogen) atoms. The summed E-state index contributed by atoms with van der Waals surface area (Å²) < 4.78 is 0. The largest absolute Gasteiger partial charge is 0.370 e. The number of aromatic nitrogens is 2. The van der Waals surface area contributed by atoms with Crippen LogP contribution in [0.15, 0.2) is 53.8 Å². The molecule has 0 aliphatic carbocycles. The van der Waals surface area contributed by atoms with Gasteiger partial charge in [0, 0.05) is 50.7 Å². The van der Waals surface area contributed by atoms with Crippen LogP contribution in [-0.4, -0.2) is 59.5 Å². The molecule has 1 aliphatic heterocycles. The van der Waals surface area contributed by atoms with E-state index in [1.54, 1.807) is 18.5 Å². The highest BCUT2D eigenvalue weighted by molar-refractivity contribution is 14.0. The third kappa shape index (κ3) is 6.35. The molecule has 0 unspecified atom stereocenters. The smallest absolute Gasteiger partial charge is 0.225 e. The van der Waals surface area contributed by atoms with E-state index in [2.05, 4.69) is 25.2 Å². The molecule has 2 aromatic rings. The number of carbonyl (C=O) groups is 1. The molecule has 1 amide bonds. The van der Waals surface area contributed by atoms with Gasteiger partial charge >= 0.3 is 0 Å². The summed E-state index contributed by atoms with van der Waals surface area (Å²) in [4.78, 5) is 29.0. The Bertz CT molecular complexity index is 734. The van der Waals surface area contributed by atoms with Crippen molar-refractivity contribution in [3.63, 3.8) is 0 Å². The second-order valence-corrected chi connectivity index (χ2v) is 5.92. The number of anilines is 2. The molecule has 1 aliphatic rings. The first kappa shape index (κ1) is 20.9. The maximum atomic E-state index is 12.3. The van der Waals surface area contributed by atoms with Crippen LogP contribution >= 0.6 is 24.0 Å². The number of benzene rings is 1. The van der Waals surface area contributed by atoms with Crippen molar-refractivity contribution in [1.82, 2.24) is 14.9 Å². The summed E-state index contributed by atoms with van der Waals surface area (Å²) in [6.45, 7) is 3.16. The van der Waals surface area contributed by atoms with Gasteiger partial charge in [-0.15, -0.1) is 24.0 Å². The molecule has 144 valence electrons. The minimum atomic E-state index is 0. The number of hydrogen-bond acceptors (Lipinski definition) is 5. The molecule has 1 saturated heterocycles. The Morgan fingerprint density at radius 1 is 1.07 bits per heavy atom. The minimum absolute atomic E-state index is 0. The Hall–Kier alpha value is -2.43. The first-order chi connectivity index (χ1) is 12.7. The molecule has 3 N–H and O–H groups in total. The first-order valence-electron chi connectivity index (χ1n) is 8.64. The predicted octanol–water partition coefficient (Wildman–Crippen LogP) is 1.56. The van der Waals surface area contributed by atoms with Crippen LogP contribution in [0.2, 0.25) is 0 Å². The number of rotatable bonds is 5. The number of nitrogens with zero attached hydrogens (tertiary/aromatic N) is 5. The molecule has 0 saturated carbocycles. The normalized spacial score (nSPS) is 14.4. The third-order valence-electron chi connectivity index (χ3n) is 4.12. The Kier molecular flexibility index (Phi) is 8.24. The van der Waals surface area contributed by atoms with Gasteiger partial charge in [0.15, 0.2) is 5.96 Å². The standard InChI is InChI=1S/C18H23N7O.HI/c19-17(23-15-5-2-1-3-6-15)20-10-7-16(26)24-11-13-25(14-12-24)18-21-8-4-9-22-18;/h1-6,8-9H,7,10-14H2,(H3,19,20,23);1H. The predicted molar refractivity (Wildman–Crippen MR) is 117 cm³/mol. The van der Waals surface area contributed by atoms with Gasteiger partial charge in [-0.2, -0.15) is 0 Å². The number of carbonyl (C=O) groups excluding carboxylic acids is 1. The minimum Gasteiger partial charge on any atom is -0.370 e. The highest BCUT2D eigenvalue weighted by atomic mass is 127. The molecular formula is C18H24IN7O. The van der Waals surface area contributed by atoms with Crippen molar-refractivity contribution in [1.29, 1.82) is 0 Å². The van der Waals surface area contributed by atoms with E-state index in [9.17, 15) is 4.79 Å². The zero-order valence-electron chi connectivity index (χ0n) is 15.0. The number of aliphatic imine (C=N–C) groups is 1. The topological polar surface area (TPSA) is 99.7 Å². The SMILES string of the molecule is I.NC(=NCCC(=O)N1CCN(c2ncccn2)CC1)Nc1ccccc1. The lowest BCUT2D eigenvalue weighted by Gasteiger charge is -2.34. The van der Waals surface area contributed by atoms with E-state index in [0.29, 0.717) is 38.0 Å². The molecule has 1 aromatic heterocycles. The summed E-state index contributed by atoms with van der Waals surface area (Å²) in [6.07, 6.45) is 3.80. The van der Waals surface area contributed by atoms with Crippen LogP contribution in [0, 0.1) is 0 Å². The number of hydrogen-bond donors (Lipinski definition) is 2. The number of nitrogens with one attached hydrogen (secondary N) is 1. The Morgan fingerprint density at radius 2 is 1.74 bits per heavy atom. The zero-order valence-corrected chi connectivity index (χ0v) is 17.3. The van der Waals surface area contributed by atoms with E-state index in [0.717, 1.165) is 18.8 Å². The van der Waals surface area contributed by atoms with Crippen LogP contribution in [-0.2, 0) is 4.79 Å². The molecule has 2 heterocycles. The molecule has 1 aromatic carbocycles. The molecule has 0 spiro atoms. The van der Waals surface area contributed by atoms with Gasteiger partial charge in [0.2, 0.25) is 11.9 Å². The Labute approximate surface area is 175 Å². The summed E-state index contributed by atoms with van der Waals surface area (Å²) in [5.74, 6) is 1.12. The van der Waals surface area contributed by atoms with E-state index in [-0.39, 0.29) is 29.9 Å². The van der Waals surface area contributed by atoms with Gasteiger partial charge in [-0.1, -0.05) is 18.2 Å². The number of piperazine rings is 1. The number of guanidine groups is 1. The van der Waals surface area contributed by atoms with E-state index in [1.807, 2.05) is 35.2 Å². The molecule has 0 atom stereocenters. The van der Waals surface area contributed by atoms with Gasteiger partial charge < -0.3 is 20.9 Å². The van der Waals surface area contributed by atoms with Crippen molar-refractivity contribution in [3.8, 4) is 0 Å². The second kappa shape index (κ2) is 10.7. The van der Waals surface area contributed by atoms with Crippen molar-refractivity contribution < 1.29 is 4.79 Å². The van der Waals surface area contributed by atoms with Gasteiger partial charge in [-0.05, 0) is 18.2 Å². The fourth-order valence-corrected chi connectivity index (χ4v) is 2.75. The molecule has 3 rings (SSSR count). The summed E-state index contributed by atoms with van der Waals surface area (Å²) in [5.41, 5.74) is 6.72. The van der Waals surface area contributed by atoms with E-state index in [4.69, 9.17) is 5.73 Å². The van der Waals surface area contributed by atoms with E-state index >= 15 is 0 Å². The first-order valence-corrected chi connectivity index (χ1v) is 8.64. The maximum absolute atomic E-state index is 12.3. The highest BCUT2D eigenvalue weighted by Gasteiger charge is 2.21. The average Bonchev–Trinajstić information content (AvgIpc) is 2.69. The summed E-state index contributed by atoms with van der Waals surface area (Å²) in [5, 5.41) is 3.00. The molecule has 1 fully saturated rings. The average molecular weight is 481 g/mol. The van der Waals surface area contributed by atoms with Gasteiger partial charge in [0.05, 0.1) is 6.54 Å². The monoisotopic (exact) mass is 481 g/mol. The van der Waals surface area contributed by atoms with Gasteiger partial charge in [-0.3, -0.25) is 9.79 Å². The van der Waals surface area contributed by atoms with Gasteiger partial charge in [-0.25, -0.2) is 9.97 Å². The lowest BCUT2D eigenvalue weighted by molar-refractivity contribution is -0.131. The third-order valence-corrected chi connectivity index (χ3v) is 4.12. The van der Waals surface area contributed by atoms with Crippen molar-refractivity contribution in [2.75, 3.05) is 42.9 Å². The number of halogens is 1. The fourth-order valence-electron chi connectivity index (χ4n) is 2.75. The van der Waals surface area contributed by atoms with Crippen LogP contribution in [0.3, 0.4) is 0 Å². The molecule has 8 nitrogen and oxygen atoms in total. The Balaban J connectivity index is 0.00000261. The van der Waals surface area contributed by atoms with Crippen LogP contribution in [0.1, 0.15) is 6.42 Å². The summed E-state index contributed by atoms with van der Waals surface area (Å²) in [7, 11) is 0. The molecular weight excluding hydrogens is 457 g/mol. The van der Waals surface area contributed by atoms with E-state index < -0.39 is 0 Å². The number of amides is 1. The summed E-state index contributed by atoms with van der Waals surface area (Å²) >= 11 is 0. The van der Waals surface area contributed by atoms with Crippen LogP contribution in [0.5, 0.6) is 0 Å². The van der Waals surface area contributed by atoms with Crippen molar-refractivity contribution in [2.45, 2.75) is 6.42 Å². The zero-order chi connectivity index (χ0) is 18.2. The van der Waals surface area contributed by atoms with Crippen LogP contribution in [0.4, 0.5) is 11.6 Å². The van der Waals surface area contributed by atoms with Gasteiger partial charge in [0.25, 0.3) is 0 Å². The fraction of sp³-hybridized carbons (Fsp3) is 0.333. The Morgan fingerprint density at radius 3 is 2.41 bits per heavy atom. The molecule has 0 radical (unpaired) electrons. The molecule has 9 heteroatoms. The lowest BCUT2D eigenvalue weighted by atomic mass is 10.3.